The largest absolute Gasteiger partial charge is 0.333 e. The Balaban J connectivity index is 0. The molecule has 0 unspecified atom stereocenters. The van der Waals surface area contributed by atoms with E-state index in [-0.39, 0.29) is 75.5 Å². The molecule has 0 spiro atoms. The topological polar surface area (TPSA) is 26.0 Å². The van der Waals surface area contributed by atoms with Gasteiger partial charge in [0.1, 0.15) is 0 Å². The van der Waals surface area contributed by atoms with Crippen LogP contribution in [-0.4, -0.2) is 7.05 Å². The van der Waals surface area contributed by atoms with Crippen LogP contribution in [0.2, 0.25) is 0 Å². The van der Waals surface area contributed by atoms with Gasteiger partial charge in [0.25, 0.3) is 0 Å². The summed E-state index contributed by atoms with van der Waals surface area (Å²) in [6.07, 6.45) is 1.86. The van der Waals surface area contributed by atoms with Crippen LogP contribution in [0.15, 0.2) is 61.2 Å². The smallest absolute Gasteiger partial charge is 0 e. The van der Waals surface area contributed by atoms with Crippen LogP contribution in [0.5, 0.6) is 0 Å². The van der Waals surface area contributed by atoms with Gasteiger partial charge in [-0.15, -0.1) is 0 Å². The van der Waals surface area contributed by atoms with Gasteiger partial charge in [0.15, 0.2) is 0 Å². The average molecular weight is 291 g/mol. The fraction of sp³-hybridized carbons (Fsp3) is 0.0667. The standard InChI is InChI=1S/C14H12.CH5N.2Ar/c1-2-12-8-10-14(11-9-12)13-6-4-3-5-7-13;1-2;;/h2-11H,1H2;2H2,1H3;;. The Labute approximate surface area is 169 Å². The summed E-state index contributed by atoms with van der Waals surface area (Å²) >= 11 is 0. The van der Waals surface area contributed by atoms with Gasteiger partial charge in [-0.05, 0) is 23.7 Å². The molecule has 98 valence electrons. The van der Waals surface area contributed by atoms with Crippen molar-refractivity contribution < 1.29 is 75.5 Å². The molecule has 2 aromatic carbocycles. The maximum absolute atomic E-state index is 4.50. The van der Waals surface area contributed by atoms with Gasteiger partial charge in [-0.25, -0.2) is 0 Å². The molecule has 3 heteroatoms. The van der Waals surface area contributed by atoms with Crippen molar-refractivity contribution in [1.29, 1.82) is 0 Å². The van der Waals surface area contributed by atoms with Gasteiger partial charge in [0, 0.05) is 75.5 Å². The molecule has 2 rings (SSSR count). The molecular weight excluding hydrogens is 274 g/mol. The van der Waals surface area contributed by atoms with Crippen molar-refractivity contribution in [3.05, 3.63) is 66.7 Å². The molecule has 0 aromatic heterocycles. The fourth-order valence-corrected chi connectivity index (χ4v) is 1.44. The van der Waals surface area contributed by atoms with Crippen LogP contribution in [0.1, 0.15) is 5.56 Å². The molecule has 2 aromatic rings. The second-order valence-electron chi connectivity index (χ2n) is 3.19. The zero-order chi connectivity index (χ0) is 11.8. The van der Waals surface area contributed by atoms with E-state index < -0.39 is 0 Å². The van der Waals surface area contributed by atoms with Gasteiger partial charge in [-0.2, -0.15) is 0 Å². The number of rotatable bonds is 2. The molecule has 0 aliphatic heterocycles. The normalized spacial score (nSPS) is 7.89. The molecule has 0 bridgehead atoms. The van der Waals surface area contributed by atoms with Gasteiger partial charge in [-0.3, -0.25) is 0 Å². The first kappa shape index (κ1) is 21.0. The van der Waals surface area contributed by atoms with Crippen LogP contribution in [0, 0.1) is 75.5 Å². The van der Waals surface area contributed by atoms with E-state index in [0.29, 0.717) is 0 Å². The third-order valence-corrected chi connectivity index (χ3v) is 2.25. The van der Waals surface area contributed by atoms with Crippen molar-refractivity contribution in [2.24, 2.45) is 5.73 Å². The molecule has 0 saturated carbocycles. The minimum absolute atomic E-state index is 0. The molecule has 18 heavy (non-hydrogen) atoms. The van der Waals surface area contributed by atoms with Crippen molar-refractivity contribution in [2.75, 3.05) is 7.05 Å². The molecule has 0 aliphatic rings. The first-order chi connectivity index (χ1) is 7.90. The molecule has 2 N–H and O–H groups in total. The average Bonchev–Trinajstić information content (AvgIpc) is 2.42. The van der Waals surface area contributed by atoms with E-state index in [1.165, 1.54) is 18.2 Å². The van der Waals surface area contributed by atoms with Gasteiger partial charge in [0.05, 0.1) is 0 Å². The van der Waals surface area contributed by atoms with E-state index in [4.69, 9.17) is 0 Å². The summed E-state index contributed by atoms with van der Waals surface area (Å²) in [4.78, 5) is 0. The van der Waals surface area contributed by atoms with Crippen LogP contribution < -0.4 is 5.73 Å². The van der Waals surface area contributed by atoms with E-state index in [1.807, 2.05) is 12.1 Å². The second-order valence-corrected chi connectivity index (χ2v) is 3.19. The van der Waals surface area contributed by atoms with Crippen molar-refractivity contribution in [2.45, 2.75) is 0 Å². The van der Waals surface area contributed by atoms with E-state index >= 15 is 0 Å². The Morgan fingerprint density at radius 3 is 1.67 bits per heavy atom. The van der Waals surface area contributed by atoms with Crippen molar-refractivity contribution in [3.63, 3.8) is 0 Å². The Morgan fingerprint density at radius 2 is 1.22 bits per heavy atom. The minimum Gasteiger partial charge on any atom is -0.333 e. The van der Waals surface area contributed by atoms with Crippen LogP contribution >= 0.6 is 0 Å². The molecule has 0 fully saturated rings. The van der Waals surface area contributed by atoms with Crippen LogP contribution in [-0.2, 0) is 0 Å². The number of nitrogens with two attached hydrogens (primary N) is 1. The zero-order valence-electron chi connectivity index (χ0n) is 10.3. The summed E-state index contributed by atoms with van der Waals surface area (Å²) < 4.78 is 0. The van der Waals surface area contributed by atoms with Crippen molar-refractivity contribution >= 4 is 6.08 Å². The molecule has 0 radical (unpaired) electrons. The van der Waals surface area contributed by atoms with Crippen LogP contribution in [0.25, 0.3) is 17.2 Å². The number of benzene rings is 2. The Kier molecular flexibility index (Phi) is 14.8. The van der Waals surface area contributed by atoms with Crippen molar-refractivity contribution in [1.82, 2.24) is 0 Å². The van der Waals surface area contributed by atoms with E-state index in [9.17, 15) is 0 Å². The summed E-state index contributed by atoms with van der Waals surface area (Å²) in [5.41, 5.74) is 8.16. The quantitative estimate of drug-likeness (QED) is 0.899. The molecule has 0 aliphatic carbocycles. The van der Waals surface area contributed by atoms with Crippen molar-refractivity contribution in [3.8, 4) is 11.1 Å². The molecule has 1 nitrogen and oxygen atoms in total. The molecule has 0 atom stereocenters. The summed E-state index contributed by atoms with van der Waals surface area (Å²) in [6.45, 7) is 3.73. The number of hydrogen-bond donors (Lipinski definition) is 1. The van der Waals surface area contributed by atoms with E-state index in [1.54, 1.807) is 0 Å². The SMILES string of the molecule is C=Cc1ccc(-c2ccccc2)cc1.CN.[Ar].[Ar]. The molecular formula is C15H17Ar2N. The minimum atomic E-state index is 0. The predicted octanol–water partition coefficient (Wildman–Crippen LogP) is 3.57. The molecule has 0 amide bonds. The monoisotopic (exact) mass is 291 g/mol. The summed E-state index contributed by atoms with van der Waals surface area (Å²) in [5, 5.41) is 0. The Hall–Kier alpha value is 0.659. The van der Waals surface area contributed by atoms with Crippen LogP contribution in [0.3, 0.4) is 0 Å². The van der Waals surface area contributed by atoms with Gasteiger partial charge in [-0.1, -0.05) is 67.3 Å². The summed E-state index contributed by atoms with van der Waals surface area (Å²) in [5.74, 6) is 0. The zero-order valence-corrected chi connectivity index (χ0v) is 11.7. The summed E-state index contributed by atoms with van der Waals surface area (Å²) in [7, 11) is 1.50. The second kappa shape index (κ2) is 12.7. The summed E-state index contributed by atoms with van der Waals surface area (Å²) in [6, 6.07) is 18.8. The third kappa shape index (κ3) is 6.72. The van der Waals surface area contributed by atoms with Gasteiger partial charge in [0.2, 0.25) is 0 Å². The fourth-order valence-electron chi connectivity index (χ4n) is 1.44. The maximum Gasteiger partial charge on any atom is 0 e. The molecule has 0 saturated heterocycles. The van der Waals surface area contributed by atoms with Crippen LogP contribution in [0.4, 0.5) is 0 Å². The Morgan fingerprint density at radius 1 is 0.778 bits per heavy atom. The van der Waals surface area contributed by atoms with Gasteiger partial charge >= 0.3 is 0 Å². The molecule has 0 heterocycles. The third-order valence-electron chi connectivity index (χ3n) is 2.25. The maximum atomic E-state index is 4.50. The predicted molar refractivity (Wildman–Crippen MR) is 72.1 cm³/mol. The van der Waals surface area contributed by atoms with E-state index in [2.05, 4.69) is 60.8 Å². The van der Waals surface area contributed by atoms with E-state index in [0.717, 1.165) is 5.56 Å². The Bertz CT molecular complexity index is 424. The first-order valence-corrected chi connectivity index (χ1v) is 5.26. The van der Waals surface area contributed by atoms with Gasteiger partial charge < -0.3 is 5.73 Å². The first-order valence-electron chi connectivity index (χ1n) is 5.26. The number of hydrogen-bond acceptors (Lipinski definition) is 1.